The molecule has 0 aliphatic rings. The Bertz CT molecular complexity index is 762. The van der Waals surface area contributed by atoms with Crippen molar-refractivity contribution in [3.05, 3.63) is 45.7 Å². The van der Waals surface area contributed by atoms with Gasteiger partial charge in [-0.05, 0) is 30.0 Å². The highest BCUT2D eigenvalue weighted by atomic mass is 19.4. The van der Waals surface area contributed by atoms with E-state index < -0.39 is 28.8 Å². The smallest absolute Gasteiger partial charge is 0.416 e. The zero-order chi connectivity index (χ0) is 15.8. The van der Waals surface area contributed by atoms with Gasteiger partial charge in [0.1, 0.15) is 5.56 Å². The van der Waals surface area contributed by atoms with Crippen LogP contribution in [0.15, 0.2) is 29.1 Å². The lowest BCUT2D eigenvalue weighted by atomic mass is 10.1. The van der Waals surface area contributed by atoms with Crippen LogP contribution in [-0.4, -0.2) is 15.6 Å². The average molecular weight is 299 g/mol. The van der Waals surface area contributed by atoms with E-state index in [2.05, 4.69) is 0 Å². The van der Waals surface area contributed by atoms with E-state index in [0.29, 0.717) is 6.42 Å². The largest absolute Gasteiger partial charge is 0.477 e. The summed E-state index contributed by atoms with van der Waals surface area (Å²) in [5, 5.41) is 9.29. The summed E-state index contributed by atoms with van der Waals surface area (Å²) < 4.78 is 39.4. The van der Waals surface area contributed by atoms with E-state index in [1.165, 1.54) is 6.07 Å². The molecule has 0 saturated carbocycles. The van der Waals surface area contributed by atoms with Crippen LogP contribution in [-0.2, 0) is 12.7 Å². The Labute approximate surface area is 117 Å². The van der Waals surface area contributed by atoms with Gasteiger partial charge < -0.3 is 9.67 Å². The second kappa shape index (κ2) is 5.23. The number of fused-ring (bicyclic) bond motifs is 1. The number of aromatic nitrogens is 1. The Balaban J connectivity index is 2.84. The van der Waals surface area contributed by atoms with Crippen LogP contribution >= 0.6 is 0 Å². The first-order valence-corrected chi connectivity index (χ1v) is 6.23. The maximum atomic E-state index is 12.8. The molecule has 2 rings (SSSR count). The molecule has 1 heterocycles. The molecule has 0 unspecified atom stereocenters. The van der Waals surface area contributed by atoms with Crippen molar-refractivity contribution in [1.82, 2.24) is 4.57 Å². The van der Waals surface area contributed by atoms with Gasteiger partial charge in [-0.2, -0.15) is 13.2 Å². The summed E-state index contributed by atoms with van der Waals surface area (Å²) in [6.45, 7) is 1.90. The number of aromatic carboxylic acids is 1. The summed E-state index contributed by atoms with van der Waals surface area (Å²) in [7, 11) is 0. The summed E-state index contributed by atoms with van der Waals surface area (Å²) in [6.07, 6.45) is -4.03. The lowest BCUT2D eigenvalue weighted by Gasteiger charge is -2.13. The van der Waals surface area contributed by atoms with Crippen molar-refractivity contribution in [2.75, 3.05) is 0 Å². The molecule has 0 saturated heterocycles. The number of aryl methyl sites for hydroxylation is 1. The van der Waals surface area contributed by atoms with Crippen LogP contribution in [0.4, 0.5) is 13.2 Å². The maximum absolute atomic E-state index is 12.8. The SMILES string of the molecule is CCCn1c(=O)c(C(=O)O)cc2ccc(C(F)(F)F)cc21. The molecule has 0 fully saturated rings. The first kappa shape index (κ1) is 15.1. The maximum Gasteiger partial charge on any atom is 0.416 e. The summed E-state index contributed by atoms with van der Waals surface area (Å²) >= 11 is 0. The summed E-state index contributed by atoms with van der Waals surface area (Å²) in [4.78, 5) is 23.1. The molecule has 0 amide bonds. The highest BCUT2D eigenvalue weighted by Gasteiger charge is 2.31. The minimum Gasteiger partial charge on any atom is -0.477 e. The first-order chi connectivity index (χ1) is 9.75. The number of rotatable bonds is 3. The summed E-state index contributed by atoms with van der Waals surface area (Å²) in [5.41, 5.74) is -2.03. The lowest BCUT2D eigenvalue weighted by molar-refractivity contribution is -0.137. The van der Waals surface area contributed by atoms with E-state index in [4.69, 9.17) is 5.11 Å². The van der Waals surface area contributed by atoms with Gasteiger partial charge in [0.25, 0.3) is 5.56 Å². The molecule has 0 atom stereocenters. The normalized spacial score (nSPS) is 11.8. The minimum absolute atomic E-state index is 0.0849. The Morgan fingerprint density at radius 3 is 2.48 bits per heavy atom. The van der Waals surface area contributed by atoms with Crippen LogP contribution in [0.3, 0.4) is 0 Å². The molecule has 2 aromatic rings. The van der Waals surface area contributed by atoms with Gasteiger partial charge in [-0.15, -0.1) is 0 Å². The van der Waals surface area contributed by atoms with Crippen molar-refractivity contribution in [2.24, 2.45) is 0 Å². The van der Waals surface area contributed by atoms with Crippen molar-refractivity contribution < 1.29 is 23.1 Å². The number of benzene rings is 1. The Kier molecular flexibility index (Phi) is 3.76. The first-order valence-electron chi connectivity index (χ1n) is 6.23. The fraction of sp³-hybridized carbons (Fsp3) is 0.286. The van der Waals surface area contributed by atoms with Crippen LogP contribution in [0.5, 0.6) is 0 Å². The third-order valence-electron chi connectivity index (χ3n) is 3.10. The van der Waals surface area contributed by atoms with Crippen molar-refractivity contribution >= 4 is 16.9 Å². The lowest BCUT2D eigenvalue weighted by Crippen LogP contribution is -2.26. The zero-order valence-corrected chi connectivity index (χ0v) is 11.1. The molecular weight excluding hydrogens is 287 g/mol. The Hall–Kier alpha value is -2.31. The van der Waals surface area contributed by atoms with Gasteiger partial charge in [-0.1, -0.05) is 13.0 Å². The molecule has 21 heavy (non-hydrogen) atoms. The number of pyridine rings is 1. The van der Waals surface area contributed by atoms with Crippen LogP contribution < -0.4 is 5.56 Å². The highest BCUT2D eigenvalue weighted by Crippen LogP contribution is 2.31. The van der Waals surface area contributed by atoms with E-state index in [0.717, 1.165) is 22.8 Å². The Morgan fingerprint density at radius 1 is 1.29 bits per heavy atom. The predicted octanol–water partition coefficient (Wildman–Crippen LogP) is 3.13. The predicted molar refractivity (Wildman–Crippen MR) is 70.5 cm³/mol. The second-order valence-corrected chi connectivity index (χ2v) is 4.59. The molecule has 0 radical (unpaired) electrons. The molecule has 4 nitrogen and oxygen atoms in total. The van der Waals surface area contributed by atoms with Gasteiger partial charge in [0.2, 0.25) is 0 Å². The number of hydrogen-bond donors (Lipinski definition) is 1. The van der Waals surface area contributed by atoms with Crippen molar-refractivity contribution in [3.63, 3.8) is 0 Å². The number of carbonyl (C=O) groups is 1. The van der Waals surface area contributed by atoms with Gasteiger partial charge in [-0.3, -0.25) is 4.79 Å². The number of carboxylic acid groups (broad SMARTS) is 1. The van der Waals surface area contributed by atoms with Gasteiger partial charge in [-0.25, -0.2) is 4.79 Å². The Morgan fingerprint density at radius 2 is 1.95 bits per heavy atom. The number of halogens is 3. The number of carboxylic acids is 1. The molecular formula is C14H12F3NO3. The summed E-state index contributed by atoms with van der Waals surface area (Å²) in [6, 6.07) is 4.02. The third-order valence-corrected chi connectivity index (χ3v) is 3.10. The number of nitrogens with zero attached hydrogens (tertiary/aromatic N) is 1. The minimum atomic E-state index is -4.52. The molecule has 0 spiro atoms. The quantitative estimate of drug-likeness (QED) is 0.947. The van der Waals surface area contributed by atoms with Crippen molar-refractivity contribution in [3.8, 4) is 0 Å². The fourth-order valence-corrected chi connectivity index (χ4v) is 2.15. The summed E-state index contributed by atoms with van der Waals surface area (Å²) in [5.74, 6) is -1.40. The standard InChI is InChI=1S/C14H12F3NO3/c1-2-5-18-11-7-9(14(15,16)17)4-3-8(11)6-10(12(18)19)13(20)21/h3-4,6-7H,2,5H2,1H3,(H,20,21). The second-order valence-electron chi connectivity index (χ2n) is 4.59. The molecule has 7 heteroatoms. The number of hydrogen-bond acceptors (Lipinski definition) is 2. The van der Waals surface area contributed by atoms with Crippen LogP contribution in [0, 0.1) is 0 Å². The van der Waals surface area contributed by atoms with E-state index in [-0.39, 0.29) is 17.4 Å². The van der Waals surface area contributed by atoms with Gasteiger partial charge in [0.05, 0.1) is 11.1 Å². The van der Waals surface area contributed by atoms with Gasteiger partial charge in [0, 0.05) is 6.54 Å². The molecule has 1 N–H and O–H groups in total. The van der Waals surface area contributed by atoms with Gasteiger partial charge >= 0.3 is 12.1 Å². The monoisotopic (exact) mass is 299 g/mol. The number of alkyl halides is 3. The van der Waals surface area contributed by atoms with E-state index in [9.17, 15) is 22.8 Å². The topological polar surface area (TPSA) is 59.3 Å². The molecule has 0 bridgehead atoms. The van der Waals surface area contributed by atoms with E-state index >= 15 is 0 Å². The third kappa shape index (κ3) is 2.76. The highest BCUT2D eigenvalue weighted by molar-refractivity contribution is 5.92. The van der Waals surface area contributed by atoms with Crippen LogP contribution in [0.25, 0.3) is 10.9 Å². The van der Waals surface area contributed by atoms with E-state index in [1.807, 2.05) is 0 Å². The molecule has 1 aromatic heterocycles. The van der Waals surface area contributed by atoms with E-state index in [1.54, 1.807) is 6.92 Å². The fourth-order valence-electron chi connectivity index (χ4n) is 2.15. The molecule has 0 aliphatic carbocycles. The van der Waals surface area contributed by atoms with Crippen molar-refractivity contribution in [1.29, 1.82) is 0 Å². The molecule has 112 valence electrons. The van der Waals surface area contributed by atoms with Crippen molar-refractivity contribution in [2.45, 2.75) is 26.1 Å². The molecule has 0 aliphatic heterocycles. The van der Waals surface area contributed by atoms with Gasteiger partial charge in [0.15, 0.2) is 0 Å². The zero-order valence-electron chi connectivity index (χ0n) is 11.1. The average Bonchev–Trinajstić information content (AvgIpc) is 2.39. The van der Waals surface area contributed by atoms with Crippen LogP contribution in [0.1, 0.15) is 29.3 Å². The molecule has 1 aromatic carbocycles. The van der Waals surface area contributed by atoms with Crippen LogP contribution in [0.2, 0.25) is 0 Å².